The normalized spacial score (nSPS) is 44.7. The van der Waals surface area contributed by atoms with E-state index in [1.54, 1.807) is 6.92 Å². The molecule has 0 unspecified atom stereocenters. The Morgan fingerprint density at radius 3 is 2.39 bits per heavy atom. The number of fused-ring (bicyclic) bond motifs is 1. The van der Waals surface area contributed by atoms with Crippen LogP contribution in [0.5, 0.6) is 0 Å². The molecule has 2 aliphatic rings. The van der Waals surface area contributed by atoms with Gasteiger partial charge in [-0.25, -0.2) is 0 Å². The van der Waals surface area contributed by atoms with Crippen LogP contribution in [0.3, 0.4) is 0 Å². The lowest BCUT2D eigenvalue weighted by Crippen LogP contribution is -2.44. The third kappa shape index (κ3) is 2.22. The maximum absolute atomic E-state index is 12.8. The fourth-order valence-electron chi connectivity index (χ4n) is 3.35. The minimum absolute atomic E-state index is 0.00900. The topological polar surface area (TPSA) is 46.5 Å². The number of halogens is 3. The van der Waals surface area contributed by atoms with E-state index in [0.29, 0.717) is 0 Å². The quantitative estimate of drug-likeness (QED) is 0.793. The zero-order valence-electron chi connectivity index (χ0n) is 10.3. The van der Waals surface area contributed by atoms with Gasteiger partial charge in [0.25, 0.3) is 0 Å². The molecule has 2 fully saturated rings. The largest absolute Gasteiger partial charge is 0.481 e. The molecule has 0 spiro atoms. The van der Waals surface area contributed by atoms with Crippen molar-refractivity contribution in [3.8, 4) is 0 Å². The van der Waals surface area contributed by atoms with Crippen molar-refractivity contribution in [1.82, 2.24) is 0 Å². The van der Waals surface area contributed by atoms with Crippen LogP contribution >= 0.6 is 0 Å². The molecule has 1 heterocycles. The van der Waals surface area contributed by atoms with Crippen LogP contribution < -0.4 is 0 Å². The molecule has 0 bridgehead atoms. The average molecular weight is 266 g/mol. The van der Waals surface area contributed by atoms with E-state index >= 15 is 0 Å². The number of alkyl halides is 3. The van der Waals surface area contributed by atoms with Crippen LogP contribution in [0, 0.1) is 23.7 Å². The number of ether oxygens (including phenoxy) is 1. The zero-order chi connectivity index (χ0) is 13.7. The Hall–Kier alpha value is -0.780. The maximum Gasteiger partial charge on any atom is 0.391 e. The molecule has 1 aliphatic heterocycles. The van der Waals surface area contributed by atoms with Crippen LogP contribution in [0.15, 0.2) is 0 Å². The van der Waals surface area contributed by atoms with Crippen LogP contribution in [-0.4, -0.2) is 29.5 Å². The van der Waals surface area contributed by atoms with E-state index in [9.17, 15) is 18.0 Å². The molecule has 0 radical (unpaired) electrons. The van der Waals surface area contributed by atoms with Crippen molar-refractivity contribution in [3.63, 3.8) is 0 Å². The van der Waals surface area contributed by atoms with Gasteiger partial charge >= 0.3 is 12.1 Å². The lowest BCUT2D eigenvalue weighted by Gasteiger charge is -2.37. The Labute approximate surface area is 103 Å². The van der Waals surface area contributed by atoms with Gasteiger partial charge in [0.2, 0.25) is 0 Å². The molecule has 6 heteroatoms. The third-order valence-corrected chi connectivity index (χ3v) is 4.47. The number of hydrogen-bond acceptors (Lipinski definition) is 2. The van der Waals surface area contributed by atoms with Crippen LogP contribution in [0.25, 0.3) is 0 Å². The summed E-state index contributed by atoms with van der Waals surface area (Å²) in [5.74, 6) is -3.95. The molecular weight excluding hydrogens is 249 g/mol. The predicted molar refractivity (Wildman–Crippen MR) is 56.9 cm³/mol. The van der Waals surface area contributed by atoms with Gasteiger partial charge in [0, 0.05) is 5.92 Å². The van der Waals surface area contributed by atoms with Gasteiger partial charge < -0.3 is 9.84 Å². The van der Waals surface area contributed by atoms with Gasteiger partial charge in [-0.05, 0) is 25.7 Å². The Morgan fingerprint density at radius 2 is 1.89 bits per heavy atom. The van der Waals surface area contributed by atoms with Gasteiger partial charge in [0.1, 0.15) is 0 Å². The molecular formula is C12H17F3O3. The monoisotopic (exact) mass is 266 g/mol. The first-order valence-corrected chi connectivity index (χ1v) is 6.16. The number of carboxylic acid groups (broad SMARTS) is 1. The Bertz CT molecular complexity index is 342. The molecule has 3 nitrogen and oxygen atoms in total. The molecule has 0 aromatic rings. The van der Waals surface area contributed by atoms with Crippen molar-refractivity contribution in [1.29, 1.82) is 0 Å². The lowest BCUT2D eigenvalue weighted by atomic mass is 9.68. The highest BCUT2D eigenvalue weighted by Gasteiger charge is 2.55. The number of aliphatic carboxylic acids is 1. The van der Waals surface area contributed by atoms with Crippen LogP contribution in [0.1, 0.15) is 26.7 Å². The molecule has 104 valence electrons. The summed E-state index contributed by atoms with van der Waals surface area (Å²) >= 11 is 0. The summed E-state index contributed by atoms with van der Waals surface area (Å²) in [5, 5.41) is 9.15. The van der Waals surface area contributed by atoms with E-state index < -0.39 is 30.1 Å². The van der Waals surface area contributed by atoms with Crippen LogP contribution in [0.2, 0.25) is 0 Å². The summed E-state index contributed by atoms with van der Waals surface area (Å²) < 4.78 is 43.9. The smallest absolute Gasteiger partial charge is 0.391 e. The summed E-state index contributed by atoms with van der Waals surface area (Å²) in [4.78, 5) is 11.2. The molecule has 2 rings (SSSR count). The van der Waals surface area contributed by atoms with Crippen molar-refractivity contribution < 1.29 is 27.8 Å². The number of carboxylic acids is 1. The second kappa shape index (κ2) is 4.40. The molecule has 1 N–H and O–H groups in total. The highest BCUT2D eigenvalue weighted by Crippen LogP contribution is 2.50. The fourth-order valence-corrected chi connectivity index (χ4v) is 3.35. The average Bonchev–Trinajstić information content (AvgIpc) is 2.52. The van der Waals surface area contributed by atoms with Gasteiger partial charge in [0.15, 0.2) is 0 Å². The fraction of sp³-hybridized carbons (Fsp3) is 0.917. The van der Waals surface area contributed by atoms with E-state index in [-0.39, 0.29) is 30.8 Å². The summed E-state index contributed by atoms with van der Waals surface area (Å²) in [5.41, 5.74) is 0. The van der Waals surface area contributed by atoms with Crippen molar-refractivity contribution in [2.45, 2.75) is 45.1 Å². The minimum Gasteiger partial charge on any atom is -0.481 e. The highest BCUT2D eigenvalue weighted by molar-refractivity contribution is 5.70. The Morgan fingerprint density at radius 1 is 1.28 bits per heavy atom. The van der Waals surface area contributed by atoms with E-state index in [0.717, 1.165) is 0 Å². The van der Waals surface area contributed by atoms with Crippen molar-refractivity contribution in [2.75, 3.05) is 0 Å². The molecule has 1 aliphatic carbocycles. The molecule has 1 saturated carbocycles. The molecule has 0 amide bonds. The van der Waals surface area contributed by atoms with E-state index in [2.05, 4.69) is 0 Å². The summed E-state index contributed by atoms with van der Waals surface area (Å²) in [7, 11) is 0. The number of rotatable bonds is 1. The summed E-state index contributed by atoms with van der Waals surface area (Å²) in [6.07, 6.45) is -5.50. The lowest BCUT2D eigenvalue weighted by molar-refractivity contribution is -0.202. The van der Waals surface area contributed by atoms with Gasteiger partial charge in [-0.3, -0.25) is 4.79 Å². The number of carbonyl (C=O) groups is 1. The summed E-state index contributed by atoms with van der Waals surface area (Å²) in [6.45, 7) is 3.66. The number of hydrogen-bond donors (Lipinski definition) is 1. The van der Waals surface area contributed by atoms with Crippen molar-refractivity contribution >= 4 is 5.97 Å². The molecule has 0 aromatic carbocycles. The zero-order valence-corrected chi connectivity index (χ0v) is 10.3. The molecule has 1 saturated heterocycles. The van der Waals surface area contributed by atoms with Gasteiger partial charge in [-0.1, -0.05) is 6.92 Å². The second-order valence-corrected chi connectivity index (χ2v) is 5.47. The van der Waals surface area contributed by atoms with E-state index in [1.807, 2.05) is 6.92 Å². The van der Waals surface area contributed by atoms with E-state index in [4.69, 9.17) is 9.84 Å². The predicted octanol–water partition coefficient (Wildman–Crippen LogP) is 2.70. The van der Waals surface area contributed by atoms with Crippen molar-refractivity contribution in [3.05, 3.63) is 0 Å². The summed E-state index contributed by atoms with van der Waals surface area (Å²) in [6, 6.07) is 0. The first kappa shape index (κ1) is 13.6. The van der Waals surface area contributed by atoms with E-state index in [1.165, 1.54) is 0 Å². The van der Waals surface area contributed by atoms with Crippen LogP contribution in [0.4, 0.5) is 13.2 Å². The second-order valence-electron chi connectivity index (χ2n) is 5.47. The molecule has 0 aromatic heterocycles. The molecule has 6 atom stereocenters. The first-order valence-electron chi connectivity index (χ1n) is 6.16. The SMILES string of the molecule is C[C@@H]1[C@@H]2[C@@H](C(=O)O)C[C@@H](C(F)(F)F)C[C@H]2O[C@H]1C. The maximum atomic E-state index is 12.8. The van der Waals surface area contributed by atoms with Gasteiger partial charge in [-0.15, -0.1) is 0 Å². The highest BCUT2D eigenvalue weighted by atomic mass is 19.4. The molecule has 18 heavy (non-hydrogen) atoms. The standard InChI is InChI=1S/C12H17F3O3/c1-5-6(2)18-9-4-7(12(13,14)15)3-8(10(5)9)11(16)17/h5-10H,3-4H2,1-2H3,(H,16,17)/t5-,6-,7+,8-,9+,10+/m0/s1. The van der Waals surface area contributed by atoms with Gasteiger partial charge in [0.05, 0.1) is 24.0 Å². The first-order chi connectivity index (χ1) is 8.21. The van der Waals surface area contributed by atoms with Crippen molar-refractivity contribution in [2.24, 2.45) is 23.7 Å². The van der Waals surface area contributed by atoms with Crippen LogP contribution in [-0.2, 0) is 9.53 Å². The minimum atomic E-state index is -4.34. The third-order valence-electron chi connectivity index (χ3n) is 4.47. The Kier molecular flexibility index (Phi) is 3.34. The van der Waals surface area contributed by atoms with Gasteiger partial charge in [-0.2, -0.15) is 13.2 Å². The Balaban J connectivity index is 2.24.